The summed E-state index contributed by atoms with van der Waals surface area (Å²) >= 11 is 1.55. The fourth-order valence-electron chi connectivity index (χ4n) is 1.73. The molecule has 0 aliphatic carbocycles. The number of anilines is 1. The van der Waals surface area contributed by atoms with Crippen LogP contribution in [0.3, 0.4) is 0 Å². The fourth-order valence-corrected chi connectivity index (χ4v) is 2.47. The Morgan fingerprint density at radius 3 is 2.74 bits per heavy atom. The van der Waals surface area contributed by atoms with Gasteiger partial charge in [-0.25, -0.2) is 9.37 Å². The quantitative estimate of drug-likeness (QED) is 0.582. The Morgan fingerprint density at radius 2 is 1.95 bits per heavy atom. The number of halogens is 1. The number of hydrogen-bond acceptors (Lipinski definition) is 4. The van der Waals surface area contributed by atoms with Crippen molar-refractivity contribution in [3.63, 3.8) is 0 Å². The van der Waals surface area contributed by atoms with E-state index in [0.717, 1.165) is 10.4 Å². The molecule has 1 aromatic heterocycles. The van der Waals surface area contributed by atoms with E-state index in [4.69, 9.17) is 10.2 Å². The van der Waals surface area contributed by atoms with Crippen molar-refractivity contribution in [3.05, 3.63) is 54.2 Å². The lowest BCUT2D eigenvalue weighted by Gasteiger charge is -1.97. The Hall–Kier alpha value is -2.01. The number of hydrogen-bond donors (Lipinski definition) is 1. The lowest BCUT2D eigenvalue weighted by atomic mass is 10.3. The molecule has 1 heterocycles. The first kappa shape index (κ1) is 12.0. The first-order valence-electron chi connectivity index (χ1n) is 5.74. The molecule has 2 N–H and O–H groups in total. The van der Waals surface area contributed by atoms with Gasteiger partial charge >= 0.3 is 0 Å². The summed E-state index contributed by atoms with van der Waals surface area (Å²) < 4.78 is 18.4. The molecular weight excluding hydrogens is 263 g/mol. The van der Waals surface area contributed by atoms with Gasteiger partial charge in [-0.05, 0) is 36.4 Å². The van der Waals surface area contributed by atoms with Gasteiger partial charge in [0.25, 0.3) is 0 Å². The van der Waals surface area contributed by atoms with Crippen LogP contribution in [0.1, 0.15) is 5.89 Å². The second kappa shape index (κ2) is 4.93. The topological polar surface area (TPSA) is 52.0 Å². The average molecular weight is 274 g/mol. The van der Waals surface area contributed by atoms with Gasteiger partial charge in [-0.15, -0.1) is 11.8 Å². The van der Waals surface area contributed by atoms with Gasteiger partial charge in [0.05, 0.1) is 5.75 Å². The molecule has 2 aromatic carbocycles. The summed E-state index contributed by atoms with van der Waals surface area (Å²) in [6.07, 6.45) is 0. The molecule has 3 rings (SSSR count). The molecule has 0 unspecified atom stereocenters. The SMILES string of the molecule is Nc1ccc2nc(CSc3ccc(F)cc3)oc2c1. The molecule has 0 atom stereocenters. The third-order valence-electron chi connectivity index (χ3n) is 2.63. The van der Waals surface area contributed by atoms with Crippen molar-refractivity contribution < 1.29 is 8.81 Å². The van der Waals surface area contributed by atoms with Gasteiger partial charge in [0.15, 0.2) is 5.58 Å². The van der Waals surface area contributed by atoms with Gasteiger partial charge < -0.3 is 10.2 Å². The molecule has 0 saturated heterocycles. The predicted molar refractivity (Wildman–Crippen MR) is 74.4 cm³/mol. The normalized spacial score (nSPS) is 11.0. The number of nitrogen functional groups attached to an aromatic ring is 1. The van der Waals surface area contributed by atoms with Crippen LogP contribution < -0.4 is 5.73 Å². The minimum absolute atomic E-state index is 0.235. The van der Waals surface area contributed by atoms with E-state index in [9.17, 15) is 4.39 Å². The van der Waals surface area contributed by atoms with E-state index < -0.39 is 0 Å². The highest BCUT2D eigenvalue weighted by molar-refractivity contribution is 7.98. The van der Waals surface area contributed by atoms with Crippen LogP contribution in [0, 0.1) is 5.82 Å². The summed E-state index contributed by atoms with van der Waals surface area (Å²) in [5.74, 6) is 0.997. The van der Waals surface area contributed by atoms with Crippen LogP contribution >= 0.6 is 11.8 Å². The van der Waals surface area contributed by atoms with Gasteiger partial charge in [-0.2, -0.15) is 0 Å². The standard InChI is InChI=1S/C14H11FN2OS/c15-9-1-4-11(5-2-9)19-8-14-17-12-6-3-10(16)7-13(12)18-14/h1-7H,8,16H2. The number of fused-ring (bicyclic) bond motifs is 1. The molecule has 5 heteroatoms. The summed E-state index contributed by atoms with van der Waals surface area (Å²) in [6.45, 7) is 0. The maximum absolute atomic E-state index is 12.8. The monoisotopic (exact) mass is 274 g/mol. The second-order valence-electron chi connectivity index (χ2n) is 4.08. The van der Waals surface area contributed by atoms with Crippen molar-refractivity contribution >= 4 is 28.5 Å². The Morgan fingerprint density at radius 1 is 1.16 bits per heavy atom. The van der Waals surface area contributed by atoms with E-state index in [1.54, 1.807) is 36.0 Å². The number of nitrogens with two attached hydrogens (primary N) is 1. The zero-order valence-corrected chi connectivity index (χ0v) is 10.8. The summed E-state index contributed by atoms with van der Waals surface area (Å²) in [6, 6.07) is 11.7. The van der Waals surface area contributed by atoms with Gasteiger partial charge in [-0.1, -0.05) is 0 Å². The Bertz CT molecular complexity index is 709. The number of thioether (sulfide) groups is 1. The summed E-state index contributed by atoms with van der Waals surface area (Å²) in [4.78, 5) is 5.34. The number of nitrogens with zero attached hydrogens (tertiary/aromatic N) is 1. The second-order valence-corrected chi connectivity index (χ2v) is 5.13. The van der Waals surface area contributed by atoms with Crippen LogP contribution in [0.4, 0.5) is 10.1 Å². The van der Waals surface area contributed by atoms with E-state index in [1.807, 2.05) is 6.07 Å². The highest BCUT2D eigenvalue weighted by Gasteiger charge is 2.06. The van der Waals surface area contributed by atoms with E-state index in [2.05, 4.69) is 4.98 Å². The van der Waals surface area contributed by atoms with Crippen molar-refractivity contribution in [1.29, 1.82) is 0 Å². The molecule has 0 spiro atoms. The van der Waals surface area contributed by atoms with Gasteiger partial charge in [0.1, 0.15) is 11.3 Å². The molecule has 0 bridgehead atoms. The number of rotatable bonds is 3. The van der Waals surface area contributed by atoms with Crippen LogP contribution in [0.5, 0.6) is 0 Å². The van der Waals surface area contributed by atoms with Crippen molar-refractivity contribution in [2.45, 2.75) is 10.6 Å². The lowest BCUT2D eigenvalue weighted by Crippen LogP contribution is -1.81. The summed E-state index contributed by atoms with van der Waals surface area (Å²) in [5, 5.41) is 0. The van der Waals surface area contributed by atoms with Crippen molar-refractivity contribution in [1.82, 2.24) is 4.98 Å². The first-order valence-corrected chi connectivity index (χ1v) is 6.72. The number of oxazole rings is 1. The molecule has 0 fully saturated rings. The van der Waals surface area contributed by atoms with Crippen LogP contribution in [-0.2, 0) is 5.75 Å². The lowest BCUT2D eigenvalue weighted by molar-refractivity contribution is 0.556. The molecule has 19 heavy (non-hydrogen) atoms. The van der Waals surface area contributed by atoms with E-state index >= 15 is 0 Å². The maximum Gasteiger partial charge on any atom is 0.205 e. The van der Waals surface area contributed by atoms with E-state index in [0.29, 0.717) is 22.9 Å². The Kier molecular flexibility index (Phi) is 3.13. The van der Waals surface area contributed by atoms with Gasteiger partial charge in [0, 0.05) is 16.6 Å². The first-order chi connectivity index (χ1) is 9.20. The van der Waals surface area contributed by atoms with Gasteiger partial charge in [-0.3, -0.25) is 0 Å². The Balaban J connectivity index is 1.76. The van der Waals surface area contributed by atoms with Gasteiger partial charge in [0.2, 0.25) is 5.89 Å². The minimum Gasteiger partial charge on any atom is -0.440 e. The van der Waals surface area contributed by atoms with Crippen molar-refractivity contribution in [2.24, 2.45) is 0 Å². The Labute approximate surface area is 113 Å². The highest BCUT2D eigenvalue weighted by Crippen LogP contribution is 2.25. The van der Waals surface area contributed by atoms with Crippen LogP contribution in [0.2, 0.25) is 0 Å². The zero-order chi connectivity index (χ0) is 13.2. The number of aromatic nitrogens is 1. The molecule has 3 aromatic rings. The number of benzene rings is 2. The largest absolute Gasteiger partial charge is 0.440 e. The van der Waals surface area contributed by atoms with E-state index in [1.165, 1.54) is 12.1 Å². The molecular formula is C14H11FN2OS. The zero-order valence-electron chi connectivity index (χ0n) is 9.97. The third kappa shape index (κ3) is 2.71. The molecule has 0 amide bonds. The molecule has 3 nitrogen and oxygen atoms in total. The third-order valence-corrected chi connectivity index (χ3v) is 3.63. The molecule has 0 aliphatic heterocycles. The molecule has 0 aliphatic rings. The maximum atomic E-state index is 12.8. The smallest absolute Gasteiger partial charge is 0.205 e. The van der Waals surface area contributed by atoms with E-state index in [-0.39, 0.29) is 5.82 Å². The average Bonchev–Trinajstić information content (AvgIpc) is 2.80. The predicted octanol–water partition coefficient (Wildman–Crippen LogP) is 3.84. The van der Waals surface area contributed by atoms with Crippen LogP contribution in [0.15, 0.2) is 51.8 Å². The highest BCUT2D eigenvalue weighted by atomic mass is 32.2. The molecule has 96 valence electrons. The van der Waals surface area contributed by atoms with Crippen molar-refractivity contribution in [2.75, 3.05) is 5.73 Å². The van der Waals surface area contributed by atoms with Crippen LogP contribution in [-0.4, -0.2) is 4.98 Å². The van der Waals surface area contributed by atoms with Crippen molar-refractivity contribution in [3.8, 4) is 0 Å². The summed E-state index contributed by atoms with van der Waals surface area (Å²) in [5.41, 5.74) is 7.82. The minimum atomic E-state index is -0.235. The fraction of sp³-hybridized carbons (Fsp3) is 0.0714. The molecule has 0 radical (unpaired) electrons. The summed E-state index contributed by atoms with van der Waals surface area (Å²) in [7, 11) is 0. The van der Waals surface area contributed by atoms with Crippen LogP contribution in [0.25, 0.3) is 11.1 Å². The molecule has 0 saturated carbocycles.